The summed E-state index contributed by atoms with van der Waals surface area (Å²) in [5.41, 5.74) is 4.51. The van der Waals surface area contributed by atoms with Crippen LogP contribution in [0.15, 0.2) is 59.3 Å². The molecule has 0 aromatic heterocycles. The summed E-state index contributed by atoms with van der Waals surface area (Å²) in [5.74, 6) is -0.620. The van der Waals surface area contributed by atoms with Gasteiger partial charge in [-0.15, -0.1) is 0 Å². The Hall–Kier alpha value is -3.05. The lowest BCUT2D eigenvalue weighted by atomic mass is 9.80. The van der Waals surface area contributed by atoms with Gasteiger partial charge in [-0.1, -0.05) is 41.9 Å². The topological polar surface area (TPSA) is 64.6 Å². The first kappa shape index (κ1) is 19.3. The Labute approximate surface area is 174 Å². The minimum atomic E-state index is -0.589. The van der Waals surface area contributed by atoms with Gasteiger partial charge >= 0.3 is 5.97 Å². The van der Waals surface area contributed by atoms with Crippen LogP contribution in [0.2, 0.25) is 5.02 Å². The number of carbonyl (C=O) groups excluding carboxylic acids is 2. The highest BCUT2D eigenvalue weighted by atomic mass is 35.5. The van der Waals surface area contributed by atoms with Gasteiger partial charge in [0.2, 0.25) is 0 Å². The molecule has 1 heterocycles. The number of halogens is 1. The Morgan fingerprint density at radius 2 is 1.90 bits per heavy atom. The Bertz CT molecular complexity index is 1100. The molecule has 29 heavy (non-hydrogen) atoms. The van der Waals surface area contributed by atoms with E-state index in [9.17, 15) is 9.59 Å². The van der Waals surface area contributed by atoms with Crippen molar-refractivity contribution < 1.29 is 19.1 Å². The van der Waals surface area contributed by atoms with Gasteiger partial charge in [-0.05, 0) is 31.5 Å². The number of nitrogens with one attached hydrogen (secondary N) is 1. The third-order valence-electron chi connectivity index (χ3n) is 5.25. The fourth-order valence-corrected chi connectivity index (χ4v) is 4.27. The molecular weight excluding hydrogens is 390 g/mol. The average molecular weight is 410 g/mol. The van der Waals surface area contributed by atoms with Gasteiger partial charge in [0.1, 0.15) is 5.75 Å². The van der Waals surface area contributed by atoms with E-state index >= 15 is 0 Å². The fourth-order valence-electron chi connectivity index (χ4n) is 4.00. The minimum Gasteiger partial charge on any atom is -0.495 e. The van der Waals surface area contributed by atoms with E-state index in [2.05, 4.69) is 5.32 Å². The van der Waals surface area contributed by atoms with Crippen LogP contribution >= 0.6 is 11.6 Å². The number of Topliss-reactive ketones (excluding diaryl/α,β-unsaturated/α-hetero) is 1. The lowest BCUT2D eigenvalue weighted by Gasteiger charge is -2.29. The van der Waals surface area contributed by atoms with Crippen molar-refractivity contribution in [2.45, 2.75) is 19.8 Å². The maximum atomic E-state index is 13.3. The normalized spacial score (nSPS) is 17.7. The number of allylic oxidation sites excluding steroid dienone is 2. The summed E-state index contributed by atoms with van der Waals surface area (Å²) in [6.07, 6.45) is 0. The van der Waals surface area contributed by atoms with E-state index in [1.807, 2.05) is 31.2 Å². The van der Waals surface area contributed by atoms with Gasteiger partial charge < -0.3 is 14.8 Å². The summed E-state index contributed by atoms with van der Waals surface area (Å²) in [4.78, 5) is 26.2. The number of fused-ring (bicyclic) bond motifs is 2. The summed E-state index contributed by atoms with van der Waals surface area (Å²) >= 11 is 6.37. The molecule has 1 aliphatic carbocycles. The zero-order valence-corrected chi connectivity index (χ0v) is 17.1. The zero-order chi connectivity index (χ0) is 20.7. The molecule has 2 aromatic rings. The second-order valence-corrected chi connectivity index (χ2v) is 7.28. The highest BCUT2D eigenvalue weighted by molar-refractivity contribution is 6.32. The molecule has 2 aliphatic rings. The van der Waals surface area contributed by atoms with Crippen LogP contribution in [0.5, 0.6) is 5.75 Å². The molecule has 1 atom stereocenters. The quantitative estimate of drug-likeness (QED) is 0.754. The van der Waals surface area contributed by atoms with E-state index in [0.717, 1.165) is 16.8 Å². The largest absolute Gasteiger partial charge is 0.495 e. The van der Waals surface area contributed by atoms with Crippen molar-refractivity contribution in [2.75, 3.05) is 13.7 Å². The number of rotatable bonds is 4. The van der Waals surface area contributed by atoms with Crippen LogP contribution in [0.4, 0.5) is 0 Å². The molecule has 0 amide bonds. The second kappa shape index (κ2) is 7.41. The van der Waals surface area contributed by atoms with Crippen LogP contribution in [0, 0.1) is 0 Å². The van der Waals surface area contributed by atoms with Gasteiger partial charge in [0.05, 0.1) is 30.0 Å². The lowest BCUT2D eigenvalue weighted by molar-refractivity contribution is -0.138. The van der Waals surface area contributed by atoms with Crippen LogP contribution in [0.1, 0.15) is 41.3 Å². The summed E-state index contributed by atoms with van der Waals surface area (Å²) < 4.78 is 10.6. The average Bonchev–Trinajstić information content (AvgIpc) is 2.99. The van der Waals surface area contributed by atoms with Crippen LogP contribution in [-0.2, 0) is 9.53 Å². The molecule has 1 unspecified atom stereocenters. The molecule has 0 radical (unpaired) electrons. The molecule has 0 saturated heterocycles. The minimum absolute atomic E-state index is 0.102. The Morgan fingerprint density at radius 1 is 1.17 bits per heavy atom. The molecule has 1 N–H and O–H groups in total. The Balaban J connectivity index is 1.93. The van der Waals surface area contributed by atoms with E-state index < -0.39 is 11.9 Å². The third kappa shape index (κ3) is 3.02. The lowest BCUT2D eigenvalue weighted by Crippen LogP contribution is -2.29. The number of carbonyl (C=O) groups is 2. The molecule has 0 bridgehead atoms. The molecule has 0 spiro atoms. The van der Waals surface area contributed by atoms with E-state index in [4.69, 9.17) is 21.1 Å². The van der Waals surface area contributed by atoms with Crippen molar-refractivity contribution in [2.24, 2.45) is 0 Å². The van der Waals surface area contributed by atoms with Crippen molar-refractivity contribution in [1.29, 1.82) is 0 Å². The molecule has 1 aliphatic heterocycles. The van der Waals surface area contributed by atoms with Crippen molar-refractivity contribution in [3.05, 3.63) is 81.0 Å². The predicted molar refractivity (Wildman–Crippen MR) is 111 cm³/mol. The predicted octanol–water partition coefficient (Wildman–Crippen LogP) is 4.48. The van der Waals surface area contributed by atoms with Crippen LogP contribution in [0.3, 0.4) is 0 Å². The maximum absolute atomic E-state index is 13.3. The Morgan fingerprint density at radius 3 is 2.55 bits per heavy atom. The third-order valence-corrected chi connectivity index (χ3v) is 5.55. The number of esters is 1. The van der Waals surface area contributed by atoms with Crippen LogP contribution in [-0.4, -0.2) is 25.5 Å². The molecular formula is C23H20ClNO4. The van der Waals surface area contributed by atoms with Crippen LogP contribution in [0.25, 0.3) is 5.70 Å². The summed E-state index contributed by atoms with van der Waals surface area (Å²) in [6.45, 7) is 3.82. The highest BCUT2D eigenvalue weighted by Gasteiger charge is 2.42. The van der Waals surface area contributed by atoms with Gasteiger partial charge in [-0.2, -0.15) is 0 Å². The monoisotopic (exact) mass is 409 g/mol. The van der Waals surface area contributed by atoms with Gasteiger partial charge in [-0.25, -0.2) is 4.79 Å². The molecule has 5 nitrogen and oxygen atoms in total. The number of ether oxygens (including phenoxy) is 2. The van der Waals surface area contributed by atoms with E-state index in [1.54, 1.807) is 25.1 Å². The van der Waals surface area contributed by atoms with Crippen molar-refractivity contribution in [3.63, 3.8) is 0 Å². The van der Waals surface area contributed by atoms with Gasteiger partial charge in [0.25, 0.3) is 0 Å². The summed E-state index contributed by atoms with van der Waals surface area (Å²) in [5, 5.41) is 3.68. The van der Waals surface area contributed by atoms with Crippen molar-refractivity contribution >= 4 is 29.1 Å². The molecule has 2 aromatic carbocycles. The number of hydrogen-bond donors (Lipinski definition) is 1. The molecule has 148 valence electrons. The van der Waals surface area contributed by atoms with Crippen molar-refractivity contribution in [1.82, 2.24) is 5.32 Å². The number of methoxy groups -OCH3 is 1. The number of ketones is 1. The van der Waals surface area contributed by atoms with Gasteiger partial charge in [-0.3, -0.25) is 4.79 Å². The first-order valence-corrected chi connectivity index (χ1v) is 9.72. The molecule has 4 rings (SSSR count). The summed E-state index contributed by atoms with van der Waals surface area (Å²) in [7, 11) is 1.54. The number of dihydropyridines is 1. The second-order valence-electron chi connectivity index (χ2n) is 6.87. The maximum Gasteiger partial charge on any atom is 0.336 e. The van der Waals surface area contributed by atoms with E-state index in [-0.39, 0.29) is 12.4 Å². The molecule has 0 saturated carbocycles. The number of benzene rings is 2. The van der Waals surface area contributed by atoms with Crippen molar-refractivity contribution in [3.8, 4) is 5.75 Å². The standard InChI is InChI=1S/C23H20ClNO4/c1-4-29-23(27)18-12(2)25-21-14-7-5-6-8-15(14)22(26)20(21)19(18)13-9-10-17(28-3)16(24)11-13/h5-11,19,25H,4H2,1-3H3. The smallest absolute Gasteiger partial charge is 0.336 e. The van der Waals surface area contributed by atoms with E-state index in [0.29, 0.717) is 33.2 Å². The molecule has 0 fully saturated rings. The van der Waals surface area contributed by atoms with Gasteiger partial charge in [0, 0.05) is 28.3 Å². The van der Waals surface area contributed by atoms with Gasteiger partial charge in [0.15, 0.2) is 5.78 Å². The van der Waals surface area contributed by atoms with E-state index in [1.165, 1.54) is 7.11 Å². The SMILES string of the molecule is CCOC(=O)C1=C(C)NC2=C(C(=O)c3ccccc32)C1c1ccc(OC)c(Cl)c1. The summed E-state index contributed by atoms with van der Waals surface area (Å²) in [6, 6.07) is 12.7. The number of hydrogen-bond acceptors (Lipinski definition) is 5. The first-order chi connectivity index (χ1) is 14.0. The molecule has 6 heteroatoms. The Kier molecular flexibility index (Phi) is 4.92. The fraction of sp³-hybridized carbons (Fsp3) is 0.217. The first-order valence-electron chi connectivity index (χ1n) is 9.34. The zero-order valence-electron chi connectivity index (χ0n) is 16.3. The van der Waals surface area contributed by atoms with Crippen LogP contribution < -0.4 is 10.1 Å². The highest BCUT2D eigenvalue weighted by Crippen LogP contribution is 2.47.